The van der Waals surface area contributed by atoms with Crippen LogP contribution in [0.3, 0.4) is 0 Å². The lowest BCUT2D eigenvalue weighted by Crippen LogP contribution is -2.38. The molecule has 0 spiro atoms. The lowest BCUT2D eigenvalue weighted by atomic mass is 10.0. The Morgan fingerprint density at radius 1 is 1.14 bits per heavy atom. The van der Waals surface area contributed by atoms with Crippen molar-refractivity contribution >= 4 is 28.8 Å². The van der Waals surface area contributed by atoms with Gasteiger partial charge in [0.25, 0.3) is 0 Å². The molecule has 2 aromatic rings. The van der Waals surface area contributed by atoms with Gasteiger partial charge in [-0.2, -0.15) is 0 Å². The van der Waals surface area contributed by atoms with Gasteiger partial charge in [-0.15, -0.1) is 0 Å². The number of aliphatic imine (C=N–C) groups is 1. The summed E-state index contributed by atoms with van der Waals surface area (Å²) in [5.74, 6) is 1.56. The van der Waals surface area contributed by atoms with Gasteiger partial charge in [-0.05, 0) is 36.8 Å². The zero-order valence-electron chi connectivity index (χ0n) is 12.0. The highest BCUT2D eigenvalue weighted by Gasteiger charge is 2.26. The molecule has 3 nitrogen and oxygen atoms in total. The van der Waals surface area contributed by atoms with Crippen molar-refractivity contribution in [3.05, 3.63) is 71.0 Å². The number of para-hydroxylation sites is 1. The first-order chi connectivity index (χ1) is 10.1. The number of benzene rings is 2. The zero-order chi connectivity index (χ0) is 15.0. The van der Waals surface area contributed by atoms with E-state index in [1.807, 2.05) is 29.2 Å². The third-order valence-corrected chi connectivity index (χ3v) is 3.82. The maximum Gasteiger partial charge on any atom is 0.135 e. The fourth-order valence-corrected chi connectivity index (χ4v) is 2.74. The van der Waals surface area contributed by atoms with Crippen molar-refractivity contribution in [2.45, 2.75) is 6.92 Å². The number of hydrogen-bond acceptors (Lipinski definition) is 2. The maximum atomic E-state index is 6.36. The van der Waals surface area contributed by atoms with E-state index in [2.05, 4.69) is 42.0 Å². The number of aryl methyl sites for hydroxylation is 1. The minimum atomic E-state index is 0.685. The second-order valence-electron chi connectivity index (χ2n) is 4.95. The van der Waals surface area contributed by atoms with Crippen LogP contribution in [-0.2, 0) is 0 Å². The van der Waals surface area contributed by atoms with Gasteiger partial charge in [0.2, 0.25) is 0 Å². The Bertz CT molecular complexity index is 749. The first kappa shape index (κ1) is 13.7. The van der Waals surface area contributed by atoms with Crippen molar-refractivity contribution in [1.29, 1.82) is 0 Å². The number of fused-ring (bicyclic) bond motifs is 1. The van der Waals surface area contributed by atoms with Crippen molar-refractivity contribution in [3.63, 3.8) is 0 Å². The summed E-state index contributed by atoms with van der Waals surface area (Å²) in [4.78, 5) is 6.33. The van der Waals surface area contributed by atoms with Gasteiger partial charge in [0, 0.05) is 12.6 Å². The Hall–Kier alpha value is -2.26. The monoisotopic (exact) mass is 297 g/mol. The molecule has 1 heterocycles. The Morgan fingerprint density at radius 3 is 2.62 bits per heavy atom. The van der Waals surface area contributed by atoms with Crippen LogP contribution in [0.1, 0.15) is 11.1 Å². The number of nitrogens with zero attached hydrogens (tertiary/aromatic N) is 2. The normalized spacial score (nSPS) is 15.9. The van der Waals surface area contributed by atoms with Gasteiger partial charge in [0.15, 0.2) is 0 Å². The van der Waals surface area contributed by atoms with Crippen molar-refractivity contribution in [1.82, 2.24) is 5.32 Å². The molecule has 0 saturated carbocycles. The summed E-state index contributed by atoms with van der Waals surface area (Å²) in [5, 5.41) is 3.93. The van der Waals surface area contributed by atoms with Crippen molar-refractivity contribution in [2.75, 3.05) is 11.9 Å². The second kappa shape index (κ2) is 5.26. The van der Waals surface area contributed by atoms with Gasteiger partial charge in [-0.3, -0.25) is 9.89 Å². The van der Waals surface area contributed by atoms with E-state index in [4.69, 9.17) is 11.6 Å². The van der Waals surface area contributed by atoms with Gasteiger partial charge in [-0.1, -0.05) is 36.4 Å². The molecule has 4 heteroatoms. The zero-order valence-corrected chi connectivity index (χ0v) is 12.8. The largest absolute Gasteiger partial charge is 0.326 e. The van der Waals surface area contributed by atoms with Gasteiger partial charge in [-0.25, -0.2) is 0 Å². The molecular formula is C17H16ClN3. The Morgan fingerprint density at radius 2 is 1.90 bits per heavy atom. The minimum absolute atomic E-state index is 0.685. The topological polar surface area (TPSA) is 27.6 Å². The minimum Gasteiger partial charge on any atom is -0.326 e. The molecule has 21 heavy (non-hydrogen) atoms. The predicted molar refractivity (Wildman–Crippen MR) is 89.5 cm³/mol. The van der Waals surface area contributed by atoms with E-state index in [-0.39, 0.29) is 0 Å². The number of hydrogen-bond donors (Lipinski definition) is 1. The summed E-state index contributed by atoms with van der Waals surface area (Å²) >= 11 is 6.36. The van der Waals surface area contributed by atoms with E-state index >= 15 is 0 Å². The van der Waals surface area contributed by atoms with Crippen LogP contribution in [0, 0.1) is 6.92 Å². The first-order valence-electron chi connectivity index (χ1n) is 6.70. The summed E-state index contributed by atoms with van der Waals surface area (Å²) in [6.07, 6.45) is 0. The Labute approximate surface area is 129 Å². The van der Waals surface area contributed by atoms with E-state index in [0.29, 0.717) is 5.02 Å². The molecule has 0 fully saturated rings. The number of anilines is 2. The Kier molecular flexibility index (Phi) is 3.43. The fourth-order valence-electron chi connectivity index (χ4n) is 2.52. The summed E-state index contributed by atoms with van der Waals surface area (Å²) in [6.45, 7) is 6.18. The lowest BCUT2D eigenvalue weighted by molar-refractivity contribution is 0.988. The van der Waals surface area contributed by atoms with Crippen molar-refractivity contribution in [3.8, 4) is 0 Å². The third kappa shape index (κ3) is 2.30. The van der Waals surface area contributed by atoms with Crippen molar-refractivity contribution in [2.24, 2.45) is 4.99 Å². The summed E-state index contributed by atoms with van der Waals surface area (Å²) in [7, 11) is 1.77. The van der Waals surface area contributed by atoms with E-state index in [0.717, 1.165) is 28.6 Å². The predicted octanol–water partition coefficient (Wildman–Crippen LogP) is 4.24. The molecular weight excluding hydrogens is 282 g/mol. The SMILES string of the molecule is C=C1NC(=NC)c2ccc(C)cc2N1c1ccccc1Cl. The molecule has 1 N–H and O–H groups in total. The van der Waals surface area contributed by atoms with Gasteiger partial charge in [0.1, 0.15) is 11.7 Å². The lowest BCUT2D eigenvalue weighted by Gasteiger charge is -2.35. The number of nitrogens with one attached hydrogen (secondary N) is 1. The third-order valence-electron chi connectivity index (χ3n) is 3.50. The molecule has 0 aliphatic carbocycles. The highest BCUT2D eigenvalue weighted by Crippen LogP contribution is 2.38. The molecule has 2 aromatic carbocycles. The number of amidine groups is 1. The molecule has 0 unspecified atom stereocenters. The van der Waals surface area contributed by atoms with Crippen LogP contribution in [0.25, 0.3) is 0 Å². The molecule has 0 aromatic heterocycles. The number of rotatable bonds is 1. The van der Waals surface area contributed by atoms with Crippen LogP contribution >= 0.6 is 11.6 Å². The van der Waals surface area contributed by atoms with Gasteiger partial charge >= 0.3 is 0 Å². The van der Waals surface area contributed by atoms with Crippen LogP contribution in [0.4, 0.5) is 11.4 Å². The molecule has 0 amide bonds. The van der Waals surface area contributed by atoms with Crippen molar-refractivity contribution < 1.29 is 0 Å². The molecule has 0 bridgehead atoms. The fraction of sp³-hybridized carbons (Fsp3) is 0.118. The maximum absolute atomic E-state index is 6.36. The Balaban J connectivity index is 2.25. The van der Waals surface area contributed by atoms with E-state index < -0.39 is 0 Å². The van der Waals surface area contributed by atoms with E-state index in [1.165, 1.54) is 5.56 Å². The standard InChI is InChI=1S/C17H16ClN3/c1-11-8-9-13-16(10-11)21(12(2)20-17(13)19-3)15-7-5-4-6-14(15)18/h4-10H,2H2,1,3H3,(H,19,20). The van der Waals surface area contributed by atoms with Gasteiger partial charge in [0.05, 0.1) is 16.4 Å². The molecule has 1 aliphatic heterocycles. The average molecular weight is 298 g/mol. The van der Waals surface area contributed by atoms with Crippen LogP contribution < -0.4 is 10.2 Å². The second-order valence-corrected chi connectivity index (χ2v) is 5.36. The molecule has 3 rings (SSSR count). The van der Waals surface area contributed by atoms with Crippen LogP contribution in [-0.4, -0.2) is 12.9 Å². The average Bonchev–Trinajstić information content (AvgIpc) is 2.47. The molecule has 106 valence electrons. The quantitative estimate of drug-likeness (QED) is 0.852. The van der Waals surface area contributed by atoms with Crippen LogP contribution in [0.15, 0.2) is 59.9 Å². The van der Waals surface area contributed by atoms with Gasteiger partial charge < -0.3 is 5.32 Å². The highest BCUT2D eigenvalue weighted by atomic mass is 35.5. The smallest absolute Gasteiger partial charge is 0.135 e. The van der Waals surface area contributed by atoms with Crippen LogP contribution in [0.5, 0.6) is 0 Å². The molecule has 1 aliphatic rings. The summed E-state index contributed by atoms with van der Waals surface area (Å²) < 4.78 is 0. The highest BCUT2D eigenvalue weighted by molar-refractivity contribution is 6.33. The number of halogens is 1. The molecule has 0 saturated heterocycles. The molecule has 0 radical (unpaired) electrons. The summed E-state index contributed by atoms with van der Waals surface area (Å²) in [5.41, 5.74) is 4.15. The molecule has 0 atom stereocenters. The first-order valence-corrected chi connectivity index (χ1v) is 7.08. The van der Waals surface area contributed by atoms with E-state index in [1.54, 1.807) is 7.05 Å². The van der Waals surface area contributed by atoms with E-state index in [9.17, 15) is 0 Å². The van der Waals surface area contributed by atoms with Crippen LogP contribution in [0.2, 0.25) is 5.02 Å². The summed E-state index contributed by atoms with van der Waals surface area (Å²) in [6, 6.07) is 14.0.